The van der Waals surface area contributed by atoms with Gasteiger partial charge in [0.25, 0.3) is 0 Å². The maximum atomic E-state index is 13.7. The summed E-state index contributed by atoms with van der Waals surface area (Å²) in [4.78, 5) is 2.99. The number of thioether (sulfide) groups is 1. The molecule has 1 fully saturated rings. The van der Waals surface area contributed by atoms with Crippen molar-refractivity contribution in [1.82, 2.24) is 9.55 Å². The Morgan fingerprint density at radius 3 is 3.12 bits per heavy atom. The van der Waals surface area contributed by atoms with Crippen LogP contribution in [-0.2, 0) is 0 Å². The van der Waals surface area contributed by atoms with Gasteiger partial charge in [-0.25, -0.2) is 4.39 Å². The van der Waals surface area contributed by atoms with Crippen molar-refractivity contribution in [3.8, 4) is 0 Å². The molecule has 0 radical (unpaired) electrons. The minimum Gasteiger partial charge on any atom is -0.328 e. The predicted molar refractivity (Wildman–Crippen MR) is 72.7 cm³/mol. The summed E-state index contributed by atoms with van der Waals surface area (Å²) in [7, 11) is 0. The fourth-order valence-electron chi connectivity index (χ4n) is 2.40. The predicted octanol–water partition coefficient (Wildman–Crippen LogP) is 3.91. The molecule has 0 aliphatic carbocycles. The van der Waals surface area contributed by atoms with E-state index in [-0.39, 0.29) is 5.82 Å². The molecule has 5 heteroatoms. The molecular weight excluding hydrogens is 255 g/mol. The van der Waals surface area contributed by atoms with Crippen molar-refractivity contribution in [2.45, 2.75) is 18.9 Å². The van der Waals surface area contributed by atoms with Crippen LogP contribution >= 0.6 is 24.0 Å². The van der Waals surface area contributed by atoms with Crippen molar-refractivity contribution < 1.29 is 4.39 Å². The average molecular weight is 268 g/mol. The lowest BCUT2D eigenvalue weighted by Gasteiger charge is -2.23. The second-order valence-electron chi connectivity index (χ2n) is 4.31. The van der Waals surface area contributed by atoms with Gasteiger partial charge in [0.15, 0.2) is 4.77 Å². The van der Waals surface area contributed by atoms with Crippen LogP contribution in [-0.4, -0.2) is 21.1 Å². The number of H-pyrrole nitrogens is 1. The Morgan fingerprint density at radius 1 is 1.47 bits per heavy atom. The first-order chi connectivity index (χ1) is 8.27. The van der Waals surface area contributed by atoms with E-state index < -0.39 is 0 Å². The molecule has 2 nitrogen and oxygen atoms in total. The first kappa shape index (κ1) is 11.3. The van der Waals surface area contributed by atoms with E-state index >= 15 is 0 Å². The van der Waals surface area contributed by atoms with Gasteiger partial charge in [-0.1, -0.05) is 6.07 Å². The Kier molecular flexibility index (Phi) is 2.96. The SMILES string of the molecule is Fc1cccc2c1[nH]c(=S)n2C1CCCSC1. The van der Waals surface area contributed by atoms with Crippen LogP contribution in [0.25, 0.3) is 11.0 Å². The van der Waals surface area contributed by atoms with E-state index in [1.165, 1.54) is 18.2 Å². The average Bonchev–Trinajstić information content (AvgIpc) is 2.68. The highest BCUT2D eigenvalue weighted by Gasteiger charge is 2.19. The molecule has 3 rings (SSSR count). The summed E-state index contributed by atoms with van der Waals surface area (Å²) in [6.07, 6.45) is 2.34. The van der Waals surface area contributed by atoms with Crippen molar-refractivity contribution in [1.29, 1.82) is 0 Å². The number of nitrogens with zero attached hydrogens (tertiary/aromatic N) is 1. The van der Waals surface area contributed by atoms with Crippen LogP contribution in [0.2, 0.25) is 0 Å². The van der Waals surface area contributed by atoms with Crippen LogP contribution in [0, 0.1) is 10.6 Å². The molecule has 1 atom stereocenters. The lowest BCUT2D eigenvalue weighted by atomic mass is 10.2. The Labute approximate surface area is 108 Å². The minimum atomic E-state index is -0.226. The second kappa shape index (κ2) is 4.46. The molecule has 0 spiro atoms. The monoisotopic (exact) mass is 268 g/mol. The number of hydrogen-bond donors (Lipinski definition) is 1. The molecule has 1 aromatic carbocycles. The third-order valence-corrected chi connectivity index (χ3v) is 4.70. The molecule has 1 unspecified atom stereocenters. The number of nitrogens with one attached hydrogen (secondary N) is 1. The van der Waals surface area contributed by atoms with Gasteiger partial charge in [-0.2, -0.15) is 11.8 Å². The number of benzene rings is 1. The topological polar surface area (TPSA) is 20.7 Å². The van der Waals surface area contributed by atoms with Crippen LogP contribution < -0.4 is 0 Å². The van der Waals surface area contributed by atoms with Gasteiger partial charge < -0.3 is 9.55 Å². The third kappa shape index (κ3) is 1.91. The maximum Gasteiger partial charge on any atom is 0.178 e. The summed E-state index contributed by atoms with van der Waals surface area (Å²) in [6.45, 7) is 0. The summed E-state index contributed by atoms with van der Waals surface area (Å²) >= 11 is 7.27. The fraction of sp³-hybridized carbons (Fsp3) is 0.417. The third-order valence-electron chi connectivity index (χ3n) is 3.20. The zero-order valence-corrected chi connectivity index (χ0v) is 10.9. The zero-order chi connectivity index (χ0) is 11.8. The summed E-state index contributed by atoms with van der Waals surface area (Å²) in [6, 6.07) is 5.54. The van der Waals surface area contributed by atoms with Gasteiger partial charge in [-0.3, -0.25) is 0 Å². The molecule has 1 N–H and O–H groups in total. The molecule has 17 heavy (non-hydrogen) atoms. The Morgan fingerprint density at radius 2 is 2.35 bits per heavy atom. The summed E-state index contributed by atoms with van der Waals surface area (Å²) in [5, 5.41) is 0. The summed E-state index contributed by atoms with van der Waals surface area (Å²) in [5.74, 6) is 2.06. The van der Waals surface area contributed by atoms with Gasteiger partial charge in [0.1, 0.15) is 11.3 Å². The Balaban J connectivity index is 2.18. The van der Waals surface area contributed by atoms with Crippen LogP contribution in [0.4, 0.5) is 4.39 Å². The Hall–Kier alpha value is -0.810. The number of hydrogen-bond acceptors (Lipinski definition) is 2. The van der Waals surface area contributed by atoms with E-state index in [1.54, 1.807) is 6.07 Å². The smallest absolute Gasteiger partial charge is 0.178 e. The van der Waals surface area contributed by atoms with Gasteiger partial charge in [-0.05, 0) is 42.9 Å². The number of para-hydroxylation sites is 1. The van der Waals surface area contributed by atoms with Crippen LogP contribution in [0.3, 0.4) is 0 Å². The molecule has 1 aromatic heterocycles. The van der Waals surface area contributed by atoms with E-state index in [0.29, 0.717) is 16.3 Å². The molecule has 1 aliphatic rings. The van der Waals surface area contributed by atoms with Gasteiger partial charge in [0, 0.05) is 11.8 Å². The van der Waals surface area contributed by atoms with Crippen LogP contribution in [0.5, 0.6) is 0 Å². The van der Waals surface area contributed by atoms with E-state index in [0.717, 1.165) is 17.7 Å². The van der Waals surface area contributed by atoms with E-state index in [1.807, 2.05) is 17.8 Å². The highest BCUT2D eigenvalue weighted by atomic mass is 32.2. The van der Waals surface area contributed by atoms with Gasteiger partial charge in [-0.15, -0.1) is 0 Å². The van der Waals surface area contributed by atoms with E-state index in [2.05, 4.69) is 9.55 Å². The lowest BCUT2D eigenvalue weighted by Crippen LogP contribution is -2.16. The maximum absolute atomic E-state index is 13.7. The molecule has 0 bridgehead atoms. The van der Waals surface area contributed by atoms with Crippen molar-refractivity contribution in [3.63, 3.8) is 0 Å². The number of aromatic amines is 1. The Bertz CT molecular complexity index is 596. The molecule has 2 heterocycles. The second-order valence-corrected chi connectivity index (χ2v) is 5.84. The number of halogens is 1. The zero-order valence-electron chi connectivity index (χ0n) is 9.28. The molecule has 0 saturated carbocycles. The minimum absolute atomic E-state index is 0.226. The summed E-state index contributed by atoms with van der Waals surface area (Å²) in [5.41, 5.74) is 1.43. The van der Waals surface area contributed by atoms with Crippen LogP contribution in [0.1, 0.15) is 18.9 Å². The molecule has 1 saturated heterocycles. The van der Waals surface area contributed by atoms with Crippen molar-refractivity contribution in [3.05, 3.63) is 28.8 Å². The molecule has 2 aromatic rings. The lowest BCUT2D eigenvalue weighted by molar-refractivity contribution is 0.506. The van der Waals surface area contributed by atoms with Crippen LogP contribution in [0.15, 0.2) is 18.2 Å². The van der Waals surface area contributed by atoms with E-state index in [4.69, 9.17) is 12.2 Å². The number of imidazole rings is 1. The van der Waals surface area contributed by atoms with E-state index in [9.17, 15) is 4.39 Å². The standard InChI is InChI=1S/C12H13FN2S2/c13-9-4-1-5-10-11(9)14-12(16)15(10)8-3-2-6-17-7-8/h1,4-5,8H,2-3,6-7H2,(H,14,16). The van der Waals surface area contributed by atoms with Gasteiger partial charge in [0.2, 0.25) is 0 Å². The highest BCUT2D eigenvalue weighted by Crippen LogP contribution is 2.30. The van der Waals surface area contributed by atoms with Gasteiger partial charge >= 0.3 is 0 Å². The first-order valence-corrected chi connectivity index (χ1v) is 7.30. The first-order valence-electron chi connectivity index (χ1n) is 5.74. The summed E-state index contributed by atoms with van der Waals surface area (Å²) < 4.78 is 16.4. The van der Waals surface area contributed by atoms with Crippen molar-refractivity contribution in [2.75, 3.05) is 11.5 Å². The van der Waals surface area contributed by atoms with Crippen molar-refractivity contribution >= 4 is 35.0 Å². The molecule has 1 aliphatic heterocycles. The number of fused-ring (bicyclic) bond motifs is 1. The normalized spacial score (nSPS) is 20.9. The molecule has 0 amide bonds. The highest BCUT2D eigenvalue weighted by molar-refractivity contribution is 7.99. The quantitative estimate of drug-likeness (QED) is 0.792. The molecular formula is C12H13FN2S2. The van der Waals surface area contributed by atoms with Gasteiger partial charge in [0.05, 0.1) is 5.52 Å². The van der Waals surface area contributed by atoms with Crippen molar-refractivity contribution in [2.24, 2.45) is 0 Å². The fourth-order valence-corrected chi connectivity index (χ4v) is 3.88. The number of rotatable bonds is 1. The largest absolute Gasteiger partial charge is 0.328 e. The number of aromatic nitrogens is 2. The molecule has 90 valence electrons.